The number of rotatable bonds is 4. The minimum absolute atomic E-state index is 0.168. The van der Waals surface area contributed by atoms with Gasteiger partial charge >= 0.3 is 5.97 Å². The van der Waals surface area contributed by atoms with Crippen LogP contribution in [0.1, 0.15) is 19.8 Å². The molecule has 3 nitrogen and oxygen atoms in total. The standard InChI is InChI=1S/C15H21NO2S/c1-13(17)18-15(8-10-16(2)11-9-15)12-19-14-6-4-3-5-7-14/h3-7H,8-12H2,1-2H3. The summed E-state index contributed by atoms with van der Waals surface area (Å²) in [6.07, 6.45) is 1.84. The largest absolute Gasteiger partial charge is 0.458 e. The number of carbonyl (C=O) groups is 1. The highest BCUT2D eigenvalue weighted by Gasteiger charge is 2.36. The summed E-state index contributed by atoms with van der Waals surface area (Å²) in [6, 6.07) is 10.3. The molecule has 0 spiro atoms. The van der Waals surface area contributed by atoms with Crippen molar-refractivity contribution in [1.82, 2.24) is 4.90 Å². The van der Waals surface area contributed by atoms with E-state index >= 15 is 0 Å². The van der Waals surface area contributed by atoms with Crippen molar-refractivity contribution in [3.05, 3.63) is 30.3 Å². The first-order valence-electron chi connectivity index (χ1n) is 6.66. The lowest BCUT2D eigenvalue weighted by Gasteiger charge is -2.39. The minimum Gasteiger partial charge on any atom is -0.458 e. The van der Waals surface area contributed by atoms with Crippen LogP contribution in [0.25, 0.3) is 0 Å². The average Bonchev–Trinajstić information content (AvgIpc) is 2.41. The smallest absolute Gasteiger partial charge is 0.303 e. The van der Waals surface area contributed by atoms with Crippen molar-refractivity contribution in [1.29, 1.82) is 0 Å². The van der Waals surface area contributed by atoms with Gasteiger partial charge in [0.1, 0.15) is 5.60 Å². The van der Waals surface area contributed by atoms with Crippen LogP contribution in [0.4, 0.5) is 0 Å². The highest BCUT2D eigenvalue weighted by atomic mass is 32.2. The van der Waals surface area contributed by atoms with Gasteiger partial charge in [-0.05, 0) is 19.2 Å². The first-order chi connectivity index (χ1) is 9.10. The van der Waals surface area contributed by atoms with Crippen LogP contribution in [0.3, 0.4) is 0 Å². The van der Waals surface area contributed by atoms with E-state index < -0.39 is 0 Å². The fourth-order valence-electron chi connectivity index (χ4n) is 2.34. The van der Waals surface area contributed by atoms with Gasteiger partial charge in [0.2, 0.25) is 0 Å². The van der Waals surface area contributed by atoms with E-state index in [0.29, 0.717) is 0 Å². The van der Waals surface area contributed by atoms with Crippen LogP contribution in [-0.2, 0) is 9.53 Å². The lowest BCUT2D eigenvalue weighted by Crippen LogP contribution is -2.47. The number of benzene rings is 1. The van der Waals surface area contributed by atoms with E-state index in [1.807, 2.05) is 18.2 Å². The predicted octanol–water partition coefficient (Wildman–Crippen LogP) is 2.81. The monoisotopic (exact) mass is 279 g/mol. The summed E-state index contributed by atoms with van der Waals surface area (Å²) in [5.41, 5.74) is -0.293. The third kappa shape index (κ3) is 4.25. The fourth-order valence-corrected chi connectivity index (χ4v) is 3.47. The molecule has 4 heteroatoms. The number of hydrogen-bond donors (Lipinski definition) is 0. The molecule has 1 saturated heterocycles. The Morgan fingerprint density at radius 2 is 1.95 bits per heavy atom. The number of ether oxygens (including phenoxy) is 1. The Bertz CT molecular complexity index is 413. The van der Waals surface area contributed by atoms with Gasteiger partial charge in [-0.2, -0.15) is 0 Å². The van der Waals surface area contributed by atoms with Gasteiger partial charge in [-0.15, -0.1) is 11.8 Å². The average molecular weight is 279 g/mol. The molecule has 0 aliphatic carbocycles. The minimum atomic E-state index is -0.293. The number of thioether (sulfide) groups is 1. The van der Waals surface area contributed by atoms with Gasteiger partial charge < -0.3 is 9.64 Å². The molecule has 1 aliphatic heterocycles. The third-order valence-corrected chi connectivity index (χ3v) is 4.78. The maximum Gasteiger partial charge on any atom is 0.303 e. The van der Waals surface area contributed by atoms with Gasteiger partial charge in [0, 0.05) is 43.5 Å². The van der Waals surface area contributed by atoms with E-state index in [0.717, 1.165) is 31.7 Å². The van der Waals surface area contributed by atoms with E-state index in [2.05, 4.69) is 24.1 Å². The molecular formula is C15H21NO2S. The summed E-state index contributed by atoms with van der Waals surface area (Å²) in [5.74, 6) is 0.669. The van der Waals surface area contributed by atoms with Gasteiger partial charge in [0.05, 0.1) is 0 Å². The molecule has 0 saturated carbocycles. The molecule has 2 rings (SSSR count). The van der Waals surface area contributed by atoms with Gasteiger partial charge in [-0.3, -0.25) is 4.79 Å². The normalized spacial score (nSPS) is 19.1. The lowest BCUT2D eigenvalue weighted by atomic mass is 9.93. The zero-order valence-corrected chi connectivity index (χ0v) is 12.4. The highest BCUT2D eigenvalue weighted by molar-refractivity contribution is 7.99. The predicted molar refractivity (Wildman–Crippen MR) is 78.4 cm³/mol. The summed E-state index contributed by atoms with van der Waals surface area (Å²) >= 11 is 1.77. The zero-order chi connectivity index (χ0) is 13.7. The van der Waals surface area contributed by atoms with Crippen molar-refractivity contribution in [2.45, 2.75) is 30.3 Å². The van der Waals surface area contributed by atoms with Crippen molar-refractivity contribution in [2.24, 2.45) is 0 Å². The molecular weight excluding hydrogens is 258 g/mol. The molecule has 1 fully saturated rings. The Hall–Kier alpha value is -1.00. The van der Waals surface area contributed by atoms with Crippen LogP contribution in [0.15, 0.2) is 35.2 Å². The summed E-state index contributed by atoms with van der Waals surface area (Å²) < 4.78 is 5.66. The van der Waals surface area contributed by atoms with Crippen molar-refractivity contribution < 1.29 is 9.53 Å². The fraction of sp³-hybridized carbons (Fsp3) is 0.533. The topological polar surface area (TPSA) is 29.5 Å². The van der Waals surface area contributed by atoms with Gasteiger partial charge in [-0.1, -0.05) is 18.2 Å². The first kappa shape index (κ1) is 14.4. The number of nitrogens with zero attached hydrogens (tertiary/aromatic N) is 1. The van der Waals surface area contributed by atoms with Crippen LogP contribution >= 0.6 is 11.8 Å². The maximum atomic E-state index is 11.4. The molecule has 0 atom stereocenters. The Morgan fingerprint density at radius 1 is 1.32 bits per heavy atom. The van der Waals surface area contributed by atoms with E-state index in [4.69, 9.17) is 4.74 Å². The van der Waals surface area contributed by atoms with E-state index in [1.54, 1.807) is 11.8 Å². The second-order valence-corrected chi connectivity index (χ2v) is 6.23. The molecule has 0 N–H and O–H groups in total. The molecule has 1 aromatic rings. The molecule has 1 aromatic carbocycles. The molecule has 0 bridgehead atoms. The Balaban J connectivity index is 2.00. The Kier molecular flexibility index (Phi) is 4.88. The van der Waals surface area contributed by atoms with Crippen molar-refractivity contribution >= 4 is 17.7 Å². The molecule has 19 heavy (non-hydrogen) atoms. The second kappa shape index (κ2) is 6.44. The van der Waals surface area contributed by atoms with Crippen molar-refractivity contribution in [3.63, 3.8) is 0 Å². The molecule has 0 aromatic heterocycles. The number of carbonyl (C=O) groups excluding carboxylic acids is 1. The van der Waals surface area contributed by atoms with E-state index in [-0.39, 0.29) is 11.6 Å². The van der Waals surface area contributed by atoms with Crippen LogP contribution in [0.5, 0.6) is 0 Å². The third-order valence-electron chi connectivity index (χ3n) is 3.50. The quantitative estimate of drug-likeness (QED) is 0.626. The molecule has 1 heterocycles. The zero-order valence-electron chi connectivity index (χ0n) is 11.6. The molecule has 104 valence electrons. The number of esters is 1. The second-order valence-electron chi connectivity index (χ2n) is 5.18. The number of hydrogen-bond acceptors (Lipinski definition) is 4. The summed E-state index contributed by atoms with van der Waals surface area (Å²) in [7, 11) is 2.11. The number of likely N-dealkylation sites (tertiary alicyclic amines) is 1. The van der Waals surface area contributed by atoms with Gasteiger partial charge in [0.15, 0.2) is 0 Å². The molecule has 0 radical (unpaired) electrons. The van der Waals surface area contributed by atoms with E-state index in [9.17, 15) is 4.79 Å². The van der Waals surface area contributed by atoms with Crippen molar-refractivity contribution in [3.8, 4) is 0 Å². The molecule has 0 amide bonds. The van der Waals surface area contributed by atoms with Crippen molar-refractivity contribution in [2.75, 3.05) is 25.9 Å². The Labute approximate surface area is 119 Å². The first-order valence-corrected chi connectivity index (χ1v) is 7.64. The molecule has 0 unspecified atom stereocenters. The molecule has 1 aliphatic rings. The van der Waals surface area contributed by atoms with Gasteiger partial charge in [-0.25, -0.2) is 0 Å². The summed E-state index contributed by atoms with van der Waals surface area (Å²) in [6.45, 7) is 3.48. The van der Waals surface area contributed by atoms with Crippen LogP contribution in [-0.4, -0.2) is 42.4 Å². The lowest BCUT2D eigenvalue weighted by molar-refractivity contribution is -0.158. The van der Waals surface area contributed by atoms with Gasteiger partial charge in [0.25, 0.3) is 0 Å². The van der Waals surface area contributed by atoms with E-state index in [1.165, 1.54) is 11.8 Å². The SMILES string of the molecule is CC(=O)OC1(CSc2ccccc2)CCN(C)CC1. The van der Waals surface area contributed by atoms with Crippen LogP contribution < -0.4 is 0 Å². The Morgan fingerprint density at radius 3 is 2.53 bits per heavy atom. The highest BCUT2D eigenvalue weighted by Crippen LogP contribution is 2.32. The van der Waals surface area contributed by atoms with Crippen LogP contribution in [0, 0.1) is 0 Å². The van der Waals surface area contributed by atoms with Crippen LogP contribution in [0.2, 0.25) is 0 Å². The maximum absolute atomic E-state index is 11.4. The summed E-state index contributed by atoms with van der Waals surface area (Å²) in [4.78, 5) is 14.9. The summed E-state index contributed by atoms with van der Waals surface area (Å²) in [5, 5.41) is 0. The number of piperidine rings is 1.